The van der Waals surface area contributed by atoms with Gasteiger partial charge in [0, 0.05) is 22.1 Å². The number of sulfone groups is 1. The molecule has 5 aromatic carbocycles. The molecule has 0 atom stereocenters. The number of hydrogen-bond acceptors (Lipinski definition) is 5. The van der Waals surface area contributed by atoms with Crippen LogP contribution in [0.15, 0.2) is 137 Å². The summed E-state index contributed by atoms with van der Waals surface area (Å²) in [5.74, 6) is 4.01. The average molecular weight is 658 g/mol. The molecule has 4 fully saturated rings. The zero-order chi connectivity index (χ0) is 32.7. The first-order chi connectivity index (χ1) is 24.0. The van der Waals surface area contributed by atoms with Gasteiger partial charge in [-0.1, -0.05) is 115 Å². The Balaban J connectivity index is 1.14. The third-order valence-corrected chi connectivity index (χ3v) is 13.8. The molecule has 0 amide bonds. The second-order valence-electron chi connectivity index (χ2n) is 14.5. The van der Waals surface area contributed by atoms with Crippen molar-refractivity contribution in [1.82, 2.24) is 15.0 Å². The minimum atomic E-state index is -3.77. The van der Waals surface area contributed by atoms with Crippen LogP contribution in [0.1, 0.15) is 43.2 Å². The number of rotatable bonds is 4. The molecule has 0 saturated heterocycles. The van der Waals surface area contributed by atoms with Crippen LogP contribution in [0.4, 0.5) is 0 Å². The lowest BCUT2D eigenvalue weighted by molar-refractivity contribution is -0.0446. The number of nitrogens with zero attached hydrogens (tertiary/aromatic N) is 3. The second-order valence-corrected chi connectivity index (χ2v) is 16.4. The fourth-order valence-electron chi connectivity index (χ4n) is 10.1. The predicted molar refractivity (Wildman–Crippen MR) is 191 cm³/mol. The molecule has 5 nitrogen and oxygen atoms in total. The second kappa shape index (κ2) is 10.8. The minimum Gasteiger partial charge on any atom is -0.218 e. The van der Waals surface area contributed by atoms with Crippen molar-refractivity contribution >= 4 is 9.84 Å². The van der Waals surface area contributed by atoms with E-state index in [1.165, 1.54) is 32.1 Å². The molecule has 1 aliphatic heterocycles. The molecule has 0 unspecified atom stereocenters. The fourth-order valence-corrected chi connectivity index (χ4v) is 12.0. The maximum Gasteiger partial charge on any atom is 0.207 e. The van der Waals surface area contributed by atoms with Gasteiger partial charge in [0.1, 0.15) is 0 Å². The molecule has 0 radical (unpaired) electrons. The molecule has 6 heteroatoms. The lowest BCUT2D eigenvalue weighted by atomic mass is 9.42. The topological polar surface area (TPSA) is 72.8 Å². The first-order valence-electron chi connectivity index (χ1n) is 17.5. The Bertz CT molecular complexity index is 2330. The zero-order valence-corrected chi connectivity index (χ0v) is 27.9. The molecule has 4 aliphatic carbocycles. The minimum absolute atomic E-state index is 0.275. The molecule has 5 aliphatic rings. The Labute approximate surface area is 287 Å². The Kier molecular flexibility index (Phi) is 6.38. The summed E-state index contributed by atoms with van der Waals surface area (Å²) in [7, 11) is -3.77. The fraction of sp³-hybridized carbons (Fsp3) is 0.233. The normalized spacial score (nSPS) is 25.6. The molecular formula is C43H35N3O2S. The van der Waals surface area contributed by atoms with Gasteiger partial charge in [-0.25, -0.2) is 23.4 Å². The van der Waals surface area contributed by atoms with Crippen LogP contribution in [-0.2, 0) is 15.3 Å². The van der Waals surface area contributed by atoms with Crippen LogP contribution in [0, 0.1) is 23.7 Å². The van der Waals surface area contributed by atoms with Crippen LogP contribution in [0.5, 0.6) is 0 Å². The van der Waals surface area contributed by atoms with Gasteiger partial charge in [-0.15, -0.1) is 0 Å². The van der Waals surface area contributed by atoms with E-state index in [-0.39, 0.29) is 5.41 Å². The van der Waals surface area contributed by atoms with Crippen LogP contribution in [-0.4, -0.2) is 23.4 Å². The summed E-state index contributed by atoms with van der Waals surface area (Å²) in [4.78, 5) is 15.8. The Morgan fingerprint density at radius 2 is 0.898 bits per heavy atom. The van der Waals surface area contributed by atoms with Gasteiger partial charge < -0.3 is 0 Å². The lowest BCUT2D eigenvalue weighted by Crippen LogP contribution is -2.57. The molecule has 4 bridgehead atoms. The van der Waals surface area contributed by atoms with E-state index in [0.29, 0.717) is 44.7 Å². The van der Waals surface area contributed by atoms with Gasteiger partial charge in [-0.05, 0) is 90.2 Å². The van der Waals surface area contributed by atoms with Gasteiger partial charge in [0.15, 0.2) is 17.5 Å². The predicted octanol–water partition coefficient (Wildman–Crippen LogP) is 9.43. The molecule has 0 N–H and O–H groups in total. The first kappa shape index (κ1) is 29.0. The van der Waals surface area contributed by atoms with Crippen LogP contribution in [0.2, 0.25) is 0 Å². The Morgan fingerprint density at radius 1 is 0.449 bits per heavy atom. The van der Waals surface area contributed by atoms with Gasteiger partial charge in [0.05, 0.1) is 9.79 Å². The number of fused-ring (bicyclic) bond motifs is 2. The summed E-state index contributed by atoms with van der Waals surface area (Å²) in [5.41, 5.74) is 6.42. The third-order valence-electron chi connectivity index (χ3n) is 11.9. The average Bonchev–Trinajstić information content (AvgIpc) is 3.15. The lowest BCUT2D eigenvalue weighted by Gasteiger charge is -2.63. The van der Waals surface area contributed by atoms with Crippen LogP contribution in [0.3, 0.4) is 0 Å². The van der Waals surface area contributed by atoms with Crippen molar-refractivity contribution in [3.05, 3.63) is 139 Å². The number of hydrogen-bond donors (Lipinski definition) is 0. The van der Waals surface area contributed by atoms with E-state index in [1.807, 2.05) is 84.9 Å². The van der Waals surface area contributed by atoms with Crippen molar-refractivity contribution in [2.75, 3.05) is 0 Å². The van der Waals surface area contributed by atoms with Gasteiger partial charge in [0.25, 0.3) is 0 Å². The quantitative estimate of drug-likeness (QED) is 0.189. The molecule has 11 rings (SSSR count). The summed E-state index contributed by atoms with van der Waals surface area (Å²) >= 11 is 0. The molecule has 1 aromatic heterocycles. The number of benzene rings is 5. The van der Waals surface area contributed by atoms with E-state index in [9.17, 15) is 8.42 Å². The maximum atomic E-state index is 14.6. The molecule has 2 heterocycles. The molecule has 1 spiro atoms. The summed E-state index contributed by atoms with van der Waals surface area (Å²) in [6, 6.07) is 42.3. The first-order valence-corrected chi connectivity index (χ1v) is 18.9. The largest absolute Gasteiger partial charge is 0.218 e. The van der Waals surface area contributed by atoms with Gasteiger partial charge >= 0.3 is 0 Å². The van der Waals surface area contributed by atoms with E-state index >= 15 is 0 Å². The zero-order valence-electron chi connectivity index (χ0n) is 27.0. The van der Waals surface area contributed by atoms with Gasteiger partial charge in [-0.2, -0.15) is 0 Å². The van der Waals surface area contributed by atoms with E-state index in [0.717, 1.165) is 45.2 Å². The van der Waals surface area contributed by atoms with E-state index in [4.69, 9.17) is 15.0 Å². The highest BCUT2D eigenvalue weighted by atomic mass is 32.2. The van der Waals surface area contributed by atoms with E-state index in [1.54, 1.807) is 0 Å². The van der Waals surface area contributed by atoms with Gasteiger partial charge in [-0.3, -0.25) is 0 Å². The van der Waals surface area contributed by atoms with Crippen molar-refractivity contribution in [2.45, 2.75) is 47.3 Å². The van der Waals surface area contributed by atoms with Crippen LogP contribution in [0.25, 0.3) is 45.3 Å². The van der Waals surface area contributed by atoms with Crippen molar-refractivity contribution in [3.8, 4) is 45.3 Å². The smallest absolute Gasteiger partial charge is 0.207 e. The van der Waals surface area contributed by atoms with Crippen molar-refractivity contribution < 1.29 is 8.42 Å². The third kappa shape index (κ3) is 4.36. The van der Waals surface area contributed by atoms with Crippen LogP contribution >= 0.6 is 0 Å². The van der Waals surface area contributed by atoms with Crippen molar-refractivity contribution in [3.63, 3.8) is 0 Å². The monoisotopic (exact) mass is 657 g/mol. The highest BCUT2D eigenvalue weighted by molar-refractivity contribution is 7.91. The van der Waals surface area contributed by atoms with Crippen molar-refractivity contribution in [1.29, 1.82) is 0 Å². The summed E-state index contributed by atoms with van der Waals surface area (Å²) in [6.45, 7) is 0. The molecule has 4 saturated carbocycles. The highest BCUT2D eigenvalue weighted by Gasteiger charge is 2.62. The summed E-state index contributed by atoms with van der Waals surface area (Å²) in [6.07, 6.45) is 6.08. The molecule has 49 heavy (non-hydrogen) atoms. The molecule has 240 valence electrons. The number of aromatic nitrogens is 3. The Morgan fingerprint density at radius 3 is 1.53 bits per heavy atom. The molecule has 6 aromatic rings. The highest BCUT2D eigenvalue weighted by Crippen LogP contribution is 2.68. The molecular weight excluding hydrogens is 623 g/mol. The summed E-state index contributed by atoms with van der Waals surface area (Å²) < 4.78 is 29.1. The SMILES string of the molecule is O=S1(=O)c2ccccc2C2(c3ccc(-c4nc(-c5ccccc5)nc(-c5ccc(-c6ccccc6)cc5)n4)cc31)C1CC3CC(C1)CC2C3. The van der Waals surface area contributed by atoms with E-state index in [2.05, 4.69) is 42.5 Å². The Hall–Kier alpha value is -4.94. The summed E-state index contributed by atoms with van der Waals surface area (Å²) in [5, 5.41) is 0. The van der Waals surface area contributed by atoms with Crippen LogP contribution < -0.4 is 0 Å². The maximum absolute atomic E-state index is 14.6. The standard InChI is InChI=1S/C43H35N3O2S/c47-49(48)38-14-8-7-13-36(38)43(34-22-27-21-28(24-34)25-35(43)23-27)37-20-19-33(26-39(37)49)42-45-40(31-11-5-2-6-12-31)44-41(46-42)32-17-15-30(16-18-32)29-9-3-1-4-10-29/h1-20,26-28,34-35H,21-25H2. The van der Waals surface area contributed by atoms with Crippen molar-refractivity contribution in [2.24, 2.45) is 23.7 Å². The van der Waals surface area contributed by atoms with E-state index < -0.39 is 9.84 Å². The van der Waals surface area contributed by atoms with Gasteiger partial charge in [0.2, 0.25) is 9.84 Å².